The van der Waals surface area contributed by atoms with E-state index >= 15 is 0 Å². The van der Waals surface area contributed by atoms with Crippen molar-refractivity contribution in [1.29, 1.82) is 0 Å². The van der Waals surface area contributed by atoms with Crippen LogP contribution in [0.5, 0.6) is 0 Å². The summed E-state index contributed by atoms with van der Waals surface area (Å²) in [4.78, 5) is 36.2. The second-order valence-electron chi connectivity index (χ2n) is 25.1. The molecule has 0 bridgehead atoms. The van der Waals surface area contributed by atoms with Gasteiger partial charge < -0.3 is 0 Å². The van der Waals surface area contributed by atoms with E-state index < -0.39 is 6.04 Å². The number of hydrogen-bond acceptors (Lipinski definition) is 9. The van der Waals surface area contributed by atoms with E-state index in [1.807, 2.05) is 114 Å². The van der Waals surface area contributed by atoms with E-state index in [9.17, 15) is 0 Å². The highest BCUT2D eigenvalue weighted by atomic mass is 35.5. The van der Waals surface area contributed by atoms with Gasteiger partial charge in [0.15, 0.2) is 0 Å². The standard InChI is InChI=1S/C24H13ClN2S.C24H15ClN2.2C22H13ClN2/c25-24-26-22(18-11-9-14-5-1-2-6-16(14)23(18)27-24)15-10-12-21-19(13-15)17-7-3-4-8-20(17)28-21;25-24-26-22(19-11-6-10-18(15-19)16-7-2-1-3-8-16)21-14-13-17-9-4-5-12-20(17)23(21)27-24;23-22-24-20-17-10-4-2-7-15(17)12-13-19(20)21(25-22)18-11-5-8-14-6-1-3-9-16(14)18;23-22-24-20(17-10-9-14-5-1-2-7-16(14)13-17)19-12-11-15-6-3-4-8-18(15)21(19)25-22/h1-13H;1-15H;2*1-13H/i;1D,2D,3D,7D,8D;;. The lowest BCUT2D eigenvalue weighted by atomic mass is 9.98. The summed E-state index contributed by atoms with van der Waals surface area (Å²) in [6.07, 6.45) is 0. The SMILES string of the molecule is Clc1nc(-c2ccc3ccccc3c2)c2ccc3ccccc3c2n1.Clc1nc(-c2ccc3sc4ccccc4c3c2)c2ccc3ccccc3c2n1.Clc1nc(-c2cccc3ccccc23)c2ccc3ccccc3c2n1.[2H]c1c([2H])c([2H])c(-c2cccc(-c3nc(Cl)nc4c3ccc3ccccc34)c2)c([2H])c1[2H]. The van der Waals surface area contributed by atoms with Gasteiger partial charge >= 0.3 is 0 Å². The van der Waals surface area contributed by atoms with Gasteiger partial charge in [-0.1, -0.05) is 273 Å². The molecule has 0 aliphatic carbocycles. The van der Waals surface area contributed by atoms with Gasteiger partial charge in [-0.2, -0.15) is 0 Å². The number of fused-ring (bicyclic) bond motifs is 17. The first-order chi connectivity index (χ1) is 53.7. The first kappa shape index (κ1) is 59.4. The highest BCUT2D eigenvalue weighted by Gasteiger charge is 2.19. The molecule has 0 radical (unpaired) electrons. The van der Waals surface area contributed by atoms with E-state index in [0.717, 1.165) is 126 Å². The van der Waals surface area contributed by atoms with Crippen LogP contribution in [0.4, 0.5) is 0 Å². The van der Waals surface area contributed by atoms with Crippen molar-refractivity contribution in [3.8, 4) is 56.2 Å². The minimum Gasteiger partial charge on any atom is -0.217 e. The van der Waals surface area contributed by atoms with Crippen LogP contribution in [-0.4, -0.2) is 39.9 Å². The average Bonchev–Trinajstić information content (AvgIpc) is 1.45. The van der Waals surface area contributed by atoms with Gasteiger partial charge in [0, 0.05) is 85.5 Å². The van der Waals surface area contributed by atoms with Crippen molar-refractivity contribution in [2.75, 3.05) is 0 Å². The molecule has 8 nitrogen and oxygen atoms in total. The molecule has 0 spiro atoms. The fourth-order valence-electron chi connectivity index (χ4n) is 14.1. The fourth-order valence-corrected chi connectivity index (χ4v) is 15.8. The quantitative estimate of drug-likeness (QED) is 0.124. The Hall–Kier alpha value is -12.2. The molecule has 13 heteroatoms. The average molecular weight is 1450 g/mol. The maximum absolute atomic E-state index is 8.28. The van der Waals surface area contributed by atoms with Gasteiger partial charge in [-0.15, -0.1) is 11.3 Å². The highest BCUT2D eigenvalue weighted by Crippen LogP contribution is 2.41. The molecule has 0 saturated carbocycles. The topological polar surface area (TPSA) is 103 Å². The summed E-state index contributed by atoms with van der Waals surface area (Å²) in [7, 11) is 0. The molecule has 0 amide bonds. The van der Waals surface area contributed by atoms with Gasteiger partial charge in [-0.3, -0.25) is 0 Å². The third-order valence-corrected chi connectivity index (χ3v) is 20.7. The van der Waals surface area contributed by atoms with E-state index in [4.69, 9.17) is 53.3 Å². The Labute approximate surface area is 633 Å². The van der Waals surface area contributed by atoms with Crippen molar-refractivity contribution in [2.24, 2.45) is 0 Å². The summed E-state index contributed by atoms with van der Waals surface area (Å²) < 4.78 is 42.9. The van der Waals surface area contributed by atoms with Crippen LogP contribution in [0.3, 0.4) is 0 Å². The van der Waals surface area contributed by atoms with Gasteiger partial charge in [-0.25, -0.2) is 39.9 Å². The van der Waals surface area contributed by atoms with Crippen molar-refractivity contribution < 1.29 is 6.85 Å². The summed E-state index contributed by atoms with van der Waals surface area (Å²) in [6.45, 7) is 0. The lowest BCUT2D eigenvalue weighted by Gasteiger charge is -2.11. The molecule has 0 saturated heterocycles. The summed E-state index contributed by atoms with van der Waals surface area (Å²) in [6, 6.07) is 98.9. The summed E-state index contributed by atoms with van der Waals surface area (Å²) in [5.74, 6) is 0. The Morgan fingerprint density at radius 1 is 0.219 bits per heavy atom. The van der Waals surface area contributed by atoms with E-state index in [0.29, 0.717) is 16.8 Å². The van der Waals surface area contributed by atoms with Gasteiger partial charge in [0.2, 0.25) is 21.1 Å². The number of rotatable bonds is 5. The highest BCUT2D eigenvalue weighted by molar-refractivity contribution is 7.25. The van der Waals surface area contributed by atoms with E-state index in [-0.39, 0.29) is 50.9 Å². The zero-order valence-electron chi connectivity index (χ0n) is 60.3. The van der Waals surface area contributed by atoms with Crippen LogP contribution < -0.4 is 0 Å². The Morgan fingerprint density at radius 3 is 1.09 bits per heavy atom. The maximum Gasteiger partial charge on any atom is 0.223 e. The van der Waals surface area contributed by atoms with Crippen LogP contribution in [0.15, 0.2) is 327 Å². The molecule has 16 aromatic carbocycles. The van der Waals surface area contributed by atoms with E-state index in [1.54, 1.807) is 18.2 Å². The lowest BCUT2D eigenvalue weighted by Crippen LogP contribution is -1.93. The maximum atomic E-state index is 8.28. The zero-order valence-corrected chi connectivity index (χ0v) is 59.1. The summed E-state index contributed by atoms with van der Waals surface area (Å²) >= 11 is 27.0. The van der Waals surface area contributed by atoms with Crippen LogP contribution >= 0.6 is 57.7 Å². The molecular weight excluding hydrogens is 1390 g/mol. The molecule has 0 fully saturated rings. The molecular formula is C92H54Cl4N8S. The van der Waals surface area contributed by atoms with Crippen LogP contribution in [0.1, 0.15) is 6.85 Å². The fraction of sp³-hybridized carbons (Fsp3) is 0. The molecule has 0 atom stereocenters. The third-order valence-electron chi connectivity index (χ3n) is 18.9. The molecule has 105 heavy (non-hydrogen) atoms. The third kappa shape index (κ3) is 12.6. The van der Waals surface area contributed by atoms with Gasteiger partial charge in [0.05, 0.1) is 51.7 Å². The van der Waals surface area contributed by atoms with E-state index in [2.05, 4.69) is 216 Å². The summed E-state index contributed by atoms with van der Waals surface area (Å²) in [5.41, 5.74) is 11.2. The summed E-state index contributed by atoms with van der Waals surface area (Å²) in [5, 5.41) is 20.7. The van der Waals surface area contributed by atoms with Crippen LogP contribution in [-0.2, 0) is 0 Å². The number of nitrogens with zero attached hydrogens (tertiary/aromatic N) is 8. The van der Waals surface area contributed by atoms with Crippen LogP contribution in [0.25, 0.3) is 185 Å². The van der Waals surface area contributed by atoms with Crippen molar-refractivity contribution >= 4 is 186 Å². The molecule has 0 N–H and O–H groups in total. The smallest absolute Gasteiger partial charge is 0.217 e. The largest absolute Gasteiger partial charge is 0.223 e. The number of thiophene rings is 1. The second kappa shape index (κ2) is 27.9. The number of hydrogen-bond donors (Lipinski definition) is 0. The molecule has 0 unspecified atom stereocenters. The Balaban J connectivity index is 0.000000103. The first-order valence-electron chi connectivity index (χ1n) is 36.2. The van der Waals surface area contributed by atoms with E-state index in [1.165, 1.54) is 36.3 Å². The minimum atomic E-state index is -0.416. The molecule has 5 aromatic heterocycles. The number of aromatic nitrogens is 8. The minimum absolute atomic E-state index is 0.108. The molecule has 0 aliphatic heterocycles. The first-order valence-corrected chi connectivity index (χ1v) is 36.0. The second-order valence-corrected chi connectivity index (χ2v) is 27.5. The predicted molar refractivity (Wildman–Crippen MR) is 443 cm³/mol. The zero-order chi connectivity index (χ0) is 74.8. The van der Waals surface area contributed by atoms with Crippen molar-refractivity contribution in [3.05, 3.63) is 349 Å². The molecule has 21 rings (SSSR count). The Bertz CT molecular complexity index is 7310. The van der Waals surface area contributed by atoms with Crippen LogP contribution in [0, 0.1) is 0 Å². The Kier molecular flexibility index (Phi) is 15.8. The number of benzene rings is 16. The normalized spacial score (nSPS) is 12.1. The van der Waals surface area contributed by atoms with Crippen molar-refractivity contribution in [1.82, 2.24) is 39.9 Å². The van der Waals surface area contributed by atoms with Crippen LogP contribution in [0.2, 0.25) is 21.1 Å². The van der Waals surface area contributed by atoms with Gasteiger partial charge in [0.25, 0.3) is 0 Å². The molecule has 5 heterocycles. The lowest BCUT2D eigenvalue weighted by molar-refractivity contribution is 1.23. The predicted octanol–water partition coefficient (Wildman–Crippen LogP) is 26.8. The van der Waals surface area contributed by atoms with Crippen molar-refractivity contribution in [3.63, 3.8) is 0 Å². The molecule has 496 valence electrons. The molecule has 0 aliphatic rings. The monoisotopic (exact) mass is 1450 g/mol. The Morgan fingerprint density at radius 2 is 0.571 bits per heavy atom. The molecule has 21 aromatic rings. The van der Waals surface area contributed by atoms with Gasteiger partial charge in [-0.05, 0) is 155 Å². The van der Waals surface area contributed by atoms with Crippen molar-refractivity contribution in [2.45, 2.75) is 0 Å². The number of halogens is 4. The van der Waals surface area contributed by atoms with Gasteiger partial charge in [0.1, 0.15) is 0 Å².